The molecule has 0 atom stereocenters. The fourth-order valence-electron chi connectivity index (χ4n) is 0. The molecule has 0 aliphatic carbocycles. The first-order valence-electron chi connectivity index (χ1n) is 1.79. The van der Waals surface area contributed by atoms with Crippen molar-refractivity contribution in [1.82, 2.24) is 0 Å². The van der Waals surface area contributed by atoms with Gasteiger partial charge in [-0.05, 0) is 0 Å². The van der Waals surface area contributed by atoms with Crippen molar-refractivity contribution in [2.75, 3.05) is 0 Å². The Bertz CT molecular complexity index is 55.1. The molecule has 0 radical (unpaired) electrons. The number of rotatable bonds is 0. The smallest absolute Gasteiger partial charge is 0.368 e. The molecular weight excluding hydrogens is 275 g/mol. The van der Waals surface area contributed by atoms with Gasteiger partial charge >= 0.3 is 18.1 Å². The second-order valence-electron chi connectivity index (χ2n) is 1.20. The molecule has 68 valence electrons. The van der Waals surface area contributed by atoms with Gasteiger partial charge in [0.1, 0.15) is 0 Å². The van der Waals surface area contributed by atoms with Crippen LogP contribution in [0.15, 0.2) is 0 Å². The normalized spacial score (nSPS) is 10.9. The molecule has 0 aromatic heterocycles. The topological polar surface area (TPSA) is 162 Å². The monoisotopic (exact) mass is 282 g/mol. The van der Waals surface area contributed by atoms with Gasteiger partial charge < -0.3 is 38.4 Å². The average Bonchev–Trinajstić information content (AvgIpc) is 1.12. The molecule has 0 unspecified atom stereocenters. The van der Waals surface area contributed by atoms with Crippen molar-refractivity contribution >= 4 is 18.1 Å². The van der Waals surface area contributed by atoms with E-state index in [9.17, 15) is 0 Å². The molecule has 0 aliphatic heterocycles. The van der Waals surface area contributed by atoms with Gasteiger partial charge in [-0.25, -0.2) is 0 Å². The first-order valence-corrected chi connectivity index (χ1v) is 5.37. The van der Waals surface area contributed by atoms with Crippen LogP contribution in [-0.2, 0) is 26.2 Å². The van der Waals surface area contributed by atoms with Gasteiger partial charge in [-0.3, -0.25) is 0 Å². The Hall–Kier alpha value is 0.997. The van der Waals surface area contributed by atoms with Gasteiger partial charge in [0.15, 0.2) is 0 Å². The molecule has 8 nitrogen and oxygen atoms in total. The van der Waals surface area contributed by atoms with Gasteiger partial charge in [0.25, 0.3) is 0 Å². The molecule has 0 bridgehead atoms. The second kappa shape index (κ2) is 6.51. The van der Waals surface area contributed by atoms with Crippen LogP contribution >= 0.6 is 0 Å². The Balaban J connectivity index is -0.000000107. The van der Waals surface area contributed by atoms with E-state index in [1.165, 1.54) is 0 Å². The molecule has 0 heterocycles. The Morgan fingerprint density at radius 1 is 0.455 bits per heavy atom. The molecule has 11 heavy (non-hydrogen) atoms. The van der Waals surface area contributed by atoms with Gasteiger partial charge in [-0.15, -0.1) is 0 Å². The average molecular weight is 283 g/mol. The molecule has 11 heteroatoms. The van der Waals surface area contributed by atoms with Crippen molar-refractivity contribution in [2.24, 2.45) is 0 Å². The molecule has 0 aromatic carbocycles. The summed E-state index contributed by atoms with van der Waals surface area (Å²) in [6.45, 7) is 0. The van der Waals surface area contributed by atoms with Gasteiger partial charge in [-0.2, -0.15) is 0 Å². The van der Waals surface area contributed by atoms with Crippen LogP contribution in [0.3, 0.4) is 0 Å². The summed E-state index contributed by atoms with van der Waals surface area (Å²) in [6, 6.07) is 0. The summed E-state index contributed by atoms with van der Waals surface area (Å²) in [5.74, 6) is 0. The van der Waals surface area contributed by atoms with Crippen LogP contribution in [0.25, 0.3) is 0 Å². The minimum absolute atomic E-state index is 0. The van der Waals surface area contributed by atoms with Crippen molar-refractivity contribution in [2.45, 2.75) is 0 Å². The largest absolute Gasteiger partial charge is 0.668 e. The molecule has 0 saturated carbocycles. The molecule has 0 aliphatic rings. The minimum atomic E-state index is -4.61. The van der Waals surface area contributed by atoms with Crippen LogP contribution < -0.4 is 0 Å². The predicted octanol–water partition coefficient (Wildman–Crippen LogP) is -5.22. The molecular formula is H8O8Si2Zr. The number of hydrogen-bond acceptors (Lipinski definition) is 8. The van der Waals surface area contributed by atoms with Crippen LogP contribution in [0.2, 0.25) is 0 Å². The van der Waals surface area contributed by atoms with Crippen LogP contribution in [0.1, 0.15) is 0 Å². The third-order valence-electron chi connectivity index (χ3n) is 0. The summed E-state index contributed by atoms with van der Waals surface area (Å²) < 4.78 is 0. The maximum Gasteiger partial charge on any atom is 0.668 e. The third kappa shape index (κ3) is 896. The summed E-state index contributed by atoms with van der Waals surface area (Å²) in [6.07, 6.45) is 0. The minimum Gasteiger partial charge on any atom is -0.368 e. The van der Waals surface area contributed by atoms with E-state index in [4.69, 9.17) is 38.4 Å². The molecule has 8 N–H and O–H groups in total. The van der Waals surface area contributed by atoms with E-state index in [0.717, 1.165) is 0 Å². The molecule has 0 amide bonds. The molecule has 0 aromatic rings. The Morgan fingerprint density at radius 3 is 0.455 bits per heavy atom. The van der Waals surface area contributed by atoms with Gasteiger partial charge in [-0.1, -0.05) is 0 Å². The van der Waals surface area contributed by atoms with Crippen LogP contribution in [0.4, 0.5) is 0 Å². The zero-order chi connectivity index (χ0) is 9.00. The van der Waals surface area contributed by atoms with E-state index in [-0.39, 0.29) is 26.2 Å². The van der Waals surface area contributed by atoms with Crippen LogP contribution in [0.5, 0.6) is 0 Å². The van der Waals surface area contributed by atoms with E-state index in [1.54, 1.807) is 0 Å². The summed E-state index contributed by atoms with van der Waals surface area (Å²) in [7, 11) is -9.22. The zero-order valence-corrected chi connectivity index (χ0v) is 9.54. The Kier molecular flexibility index (Phi) is 10.6. The second-order valence-corrected chi connectivity index (χ2v) is 3.60. The molecule has 0 saturated heterocycles. The van der Waals surface area contributed by atoms with Gasteiger partial charge in [0, 0.05) is 26.2 Å². The van der Waals surface area contributed by atoms with E-state index in [1.807, 2.05) is 0 Å². The van der Waals surface area contributed by atoms with Gasteiger partial charge in [0.2, 0.25) is 0 Å². The van der Waals surface area contributed by atoms with E-state index in [2.05, 4.69) is 0 Å². The summed E-state index contributed by atoms with van der Waals surface area (Å²) in [4.78, 5) is 58.6. The summed E-state index contributed by atoms with van der Waals surface area (Å²) in [5, 5.41) is 0. The quantitative estimate of drug-likeness (QED) is 0.205. The first kappa shape index (κ1) is 17.9. The summed E-state index contributed by atoms with van der Waals surface area (Å²) >= 11 is 0. The van der Waals surface area contributed by atoms with Gasteiger partial charge in [0.05, 0.1) is 0 Å². The van der Waals surface area contributed by atoms with Crippen molar-refractivity contribution in [1.29, 1.82) is 0 Å². The molecule has 0 fully saturated rings. The van der Waals surface area contributed by atoms with Crippen molar-refractivity contribution in [3.05, 3.63) is 0 Å². The first-order chi connectivity index (χ1) is 4.00. The fraction of sp³-hybridized carbons (Fsp3) is 0. The van der Waals surface area contributed by atoms with Crippen LogP contribution in [-0.4, -0.2) is 56.5 Å². The van der Waals surface area contributed by atoms with E-state index in [0.29, 0.717) is 0 Å². The molecule has 0 spiro atoms. The van der Waals surface area contributed by atoms with E-state index >= 15 is 0 Å². The molecule has 0 rings (SSSR count). The van der Waals surface area contributed by atoms with Crippen molar-refractivity contribution in [3.63, 3.8) is 0 Å². The fourth-order valence-corrected chi connectivity index (χ4v) is 0. The standard InChI is InChI=1S/2H4O4Si.Zr/c2*1-5(2,3)4;/h2*1-4H;. The zero-order valence-electron chi connectivity index (χ0n) is 5.08. The maximum absolute atomic E-state index is 7.33. The predicted molar refractivity (Wildman–Crippen MR) is 29.3 cm³/mol. The summed E-state index contributed by atoms with van der Waals surface area (Å²) in [5.41, 5.74) is 0. The van der Waals surface area contributed by atoms with Crippen LogP contribution in [0, 0.1) is 0 Å². The maximum atomic E-state index is 7.33. The van der Waals surface area contributed by atoms with Crippen molar-refractivity contribution in [3.8, 4) is 0 Å². The van der Waals surface area contributed by atoms with E-state index < -0.39 is 18.1 Å². The Morgan fingerprint density at radius 2 is 0.455 bits per heavy atom. The van der Waals surface area contributed by atoms with Crippen molar-refractivity contribution < 1.29 is 64.6 Å². The SMILES string of the molecule is O[Si](O)(O)O.O[Si](O)(O)O.[Zr]. The number of hydrogen-bond donors (Lipinski definition) is 8. The third-order valence-corrected chi connectivity index (χ3v) is 0. The Labute approximate surface area is 82.7 Å².